The third-order valence-corrected chi connectivity index (χ3v) is 6.90. The third-order valence-electron chi connectivity index (χ3n) is 6.90. The van der Waals surface area contributed by atoms with E-state index in [9.17, 15) is 15.0 Å². The van der Waals surface area contributed by atoms with Gasteiger partial charge in [-0.25, -0.2) is 0 Å². The van der Waals surface area contributed by atoms with E-state index in [0.717, 1.165) is 51.4 Å². The number of carbonyl (C=O) groups is 1. The molecular formula is C29H58O4. The minimum Gasteiger partial charge on any atom is -0.481 e. The maximum atomic E-state index is 10.4. The molecule has 0 aromatic heterocycles. The topological polar surface area (TPSA) is 77.8 Å². The molecule has 33 heavy (non-hydrogen) atoms. The molecule has 0 fully saturated rings. The van der Waals surface area contributed by atoms with E-state index in [1.807, 2.05) is 0 Å². The van der Waals surface area contributed by atoms with Crippen molar-refractivity contribution >= 4 is 5.97 Å². The van der Waals surface area contributed by atoms with Crippen molar-refractivity contribution in [3.63, 3.8) is 0 Å². The highest BCUT2D eigenvalue weighted by Gasteiger charge is 2.09. The lowest BCUT2D eigenvalue weighted by molar-refractivity contribution is -0.137. The van der Waals surface area contributed by atoms with Gasteiger partial charge < -0.3 is 15.3 Å². The molecule has 0 aliphatic carbocycles. The predicted octanol–water partition coefficient (Wildman–Crippen LogP) is 8.57. The minimum atomic E-state index is -0.665. The fourth-order valence-electron chi connectivity index (χ4n) is 4.61. The quantitative estimate of drug-likeness (QED) is 0.105. The van der Waals surface area contributed by atoms with Crippen LogP contribution < -0.4 is 0 Å². The summed E-state index contributed by atoms with van der Waals surface area (Å²) in [5, 5.41) is 28.7. The van der Waals surface area contributed by atoms with E-state index in [-0.39, 0.29) is 12.2 Å². The molecule has 0 amide bonds. The summed E-state index contributed by atoms with van der Waals surface area (Å²) in [5.41, 5.74) is 0. The Morgan fingerprint density at radius 3 is 1.12 bits per heavy atom. The van der Waals surface area contributed by atoms with Gasteiger partial charge in [0.1, 0.15) is 0 Å². The number of hydrogen-bond donors (Lipinski definition) is 3. The van der Waals surface area contributed by atoms with Gasteiger partial charge in [-0.2, -0.15) is 0 Å². The number of rotatable bonds is 27. The Hall–Kier alpha value is -0.610. The van der Waals surface area contributed by atoms with Crippen LogP contribution in [0.1, 0.15) is 167 Å². The lowest BCUT2D eigenvalue weighted by Crippen LogP contribution is -2.13. The molecule has 0 radical (unpaired) electrons. The first kappa shape index (κ1) is 32.4. The molecule has 0 aromatic rings. The minimum absolute atomic E-state index is 0.224. The van der Waals surface area contributed by atoms with Crippen LogP contribution >= 0.6 is 0 Å². The van der Waals surface area contributed by atoms with Crippen molar-refractivity contribution in [3.8, 4) is 0 Å². The zero-order valence-corrected chi connectivity index (χ0v) is 22.1. The summed E-state index contributed by atoms with van der Waals surface area (Å²) in [5.74, 6) is -0.665. The molecule has 3 N–H and O–H groups in total. The number of aliphatic hydroxyl groups excluding tert-OH is 2. The lowest BCUT2D eigenvalue weighted by Gasteiger charge is -2.14. The van der Waals surface area contributed by atoms with Crippen LogP contribution in [0.25, 0.3) is 0 Å². The number of aliphatic carboxylic acids is 1. The Kier molecular flexibility index (Phi) is 25.5. The van der Waals surface area contributed by atoms with Crippen molar-refractivity contribution in [3.05, 3.63) is 0 Å². The van der Waals surface area contributed by atoms with E-state index in [4.69, 9.17) is 5.11 Å². The molecule has 0 spiro atoms. The van der Waals surface area contributed by atoms with Crippen molar-refractivity contribution in [2.45, 2.75) is 180 Å². The summed E-state index contributed by atoms with van der Waals surface area (Å²) < 4.78 is 0. The number of unbranched alkanes of at least 4 members (excludes halogenated alkanes) is 18. The van der Waals surface area contributed by atoms with Gasteiger partial charge in [0.2, 0.25) is 0 Å². The largest absolute Gasteiger partial charge is 0.481 e. The van der Waals surface area contributed by atoms with E-state index < -0.39 is 5.97 Å². The van der Waals surface area contributed by atoms with Crippen molar-refractivity contribution in [2.24, 2.45) is 0 Å². The highest BCUT2D eigenvalue weighted by Crippen LogP contribution is 2.16. The average Bonchev–Trinajstić information content (AvgIpc) is 2.79. The molecule has 0 bridgehead atoms. The van der Waals surface area contributed by atoms with E-state index in [1.54, 1.807) is 0 Å². The fraction of sp³-hybridized carbons (Fsp3) is 0.966. The number of aliphatic hydroxyl groups is 2. The summed E-state index contributed by atoms with van der Waals surface area (Å²) in [6.45, 7) is 2.20. The molecule has 0 saturated heterocycles. The van der Waals surface area contributed by atoms with Crippen LogP contribution in [0.15, 0.2) is 0 Å². The van der Waals surface area contributed by atoms with E-state index in [0.29, 0.717) is 6.42 Å². The predicted molar refractivity (Wildman–Crippen MR) is 141 cm³/mol. The van der Waals surface area contributed by atoms with Gasteiger partial charge in [0.25, 0.3) is 0 Å². The average molecular weight is 471 g/mol. The second kappa shape index (κ2) is 26.0. The van der Waals surface area contributed by atoms with E-state index in [1.165, 1.54) is 103 Å². The Balaban J connectivity index is 3.20. The molecule has 4 nitrogen and oxygen atoms in total. The maximum Gasteiger partial charge on any atom is 0.303 e. The molecule has 198 valence electrons. The molecule has 4 heteroatoms. The summed E-state index contributed by atoms with van der Waals surface area (Å²) in [7, 11) is 0. The van der Waals surface area contributed by atoms with Gasteiger partial charge in [-0.1, -0.05) is 129 Å². The van der Waals surface area contributed by atoms with Crippen LogP contribution in [0.3, 0.4) is 0 Å². The lowest BCUT2D eigenvalue weighted by atomic mass is 10.00. The smallest absolute Gasteiger partial charge is 0.303 e. The summed E-state index contributed by atoms with van der Waals surface area (Å²) in [6, 6.07) is 0. The van der Waals surface area contributed by atoms with E-state index in [2.05, 4.69) is 6.92 Å². The molecule has 0 aliphatic heterocycles. The van der Waals surface area contributed by atoms with Crippen LogP contribution in [-0.2, 0) is 4.79 Å². The monoisotopic (exact) mass is 470 g/mol. The zero-order valence-electron chi connectivity index (χ0n) is 22.1. The van der Waals surface area contributed by atoms with Crippen LogP contribution in [0.4, 0.5) is 0 Å². The Morgan fingerprint density at radius 1 is 0.485 bits per heavy atom. The number of carboxylic acids is 1. The zero-order chi connectivity index (χ0) is 24.4. The molecule has 0 aliphatic rings. The molecule has 0 heterocycles. The van der Waals surface area contributed by atoms with Gasteiger partial charge >= 0.3 is 5.97 Å². The van der Waals surface area contributed by atoms with Crippen LogP contribution in [0.5, 0.6) is 0 Å². The van der Waals surface area contributed by atoms with Gasteiger partial charge in [0.15, 0.2) is 0 Å². The summed E-state index contributed by atoms with van der Waals surface area (Å²) >= 11 is 0. The molecule has 2 atom stereocenters. The van der Waals surface area contributed by atoms with Gasteiger partial charge in [-0.15, -0.1) is 0 Å². The summed E-state index contributed by atoms with van der Waals surface area (Å²) in [6.07, 6.45) is 28.1. The Labute approximate surface area is 206 Å². The van der Waals surface area contributed by atoms with Gasteiger partial charge in [-0.3, -0.25) is 4.79 Å². The van der Waals surface area contributed by atoms with Crippen LogP contribution in [0, 0.1) is 0 Å². The van der Waals surface area contributed by atoms with Crippen molar-refractivity contribution in [1.82, 2.24) is 0 Å². The van der Waals surface area contributed by atoms with Gasteiger partial charge in [-0.05, 0) is 32.1 Å². The third kappa shape index (κ3) is 27.5. The second-order valence-corrected chi connectivity index (χ2v) is 10.3. The molecule has 0 rings (SSSR count). The number of hydrogen-bond acceptors (Lipinski definition) is 3. The highest BCUT2D eigenvalue weighted by atomic mass is 16.4. The second-order valence-electron chi connectivity index (χ2n) is 10.3. The molecular weight excluding hydrogens is 412 g/mol. The first-order chi connectivity index (χ1) is 16.1. The van der Waals surface area contributed by atoms with Crippen LogP contribution in [0.2, 0.25) is 0 Å². The van der Waals surface area contributed by atoms with Gasteiger partial charge in [0.05, 0.1) is 12.2 Å². The normalized spacial score (nSPS) is 13.3. The standard InChI is InChI=1S/C29H58O4/c1-2-3-4-19-22-27(30)25-26-28(31)23-20-17-15-13-11-9-7-5-6-8-10-12-14-16-18-21-24-29(32)33/h27-28,30-31H,2-26H2,1H3,(H,32,33). The molecule has 0 saturated carbocycles. The highest BCUT2D eigenvalue weighted by molar-refractivity contribution is 5.66. The van der Waals surface area contributed by atoms with Crippen molar-refractivity contribution in [2.75, 3.05) is 0 Å². The first-order valence-corrected chi connectivity index (χ1v) is 14.6. The summed E-state index contributed by atoms with van der Waals surface area (Å²) in [4.78, 5) is 10.4. The van der Waals surface area contributed by atoms with Gasteiger partial charge in [0, 0.05) is 6.42 Å². The first-order valence-electron chi connectivity index (χ1n) is 14.6. The molecule has 2 unspecified atom stereocenters. The van der Waals surface area contributed by atoms with Crippen LogP contribution in [-0.4, -0.2) is 33.5 Å². The Bertz CT molecular complexity index is 399. The van der Waals surface area contributed by atoms with E-state index >= 15 is 0 Å². The SMILES string of the molecule is CCCCCCC(O)CCC(O)CCCCCCCCCCCCCCCCCCC(=O)O. The number of carboxylic acid groups (broad SMARTS) is 1. The molecule has 0 aromatic carbocycles. The van der Waals surface area contributed by atoms with Crippen molar-refractivity contribution < 1.29 is 20.1 Å². The Morgan fingerprint density at radius 2 is 0.788 bits per heavy atom. The maximum absolute atomic E-state index is 10.4. The van der Waals surface area contributed by atoms with Crippen molar-refractivity contribution in [1.29, 1.82) is 0 Å². The fourth-order valence-corrected chi connectivity index (χ4v) is 4.61.